The zero-order valence-corrected chi connectivity index (χ0v) is 8.04. The van der Waals surface area contributed by atoms with Gasteiger partial charge in [0.2, 0.25) is 6.29 Å². The highest BCUT2D eigenvalue weighted by Gasteiger charge is 2.46. The minimum absolute atomic E-state index is 0.633. The monoisotopic (exact) mass is 224 g/mol. The van der Waals surface area contributed by atoms with E-state index in [1.807, 2.05) is 0 Å². The number of aliphatic hydroxyl groups is 3. The number of halogens is 1. The van der Waals surface area contributed by atoms with Crippen LogP contribution in [0.3, 0.4) is 0 Å². The standard InChI is InChI=1S/C8H13FO6/c1-3(11)14-8-7(13)5(9)6(12)4(2-10)15-8/h4-8,10,12-13H,2H2,1H3/t4-,5+,6-,7-,8-/m1/s1. The number of carbonyl (C=O) groups is 1. The van der Waals surface area contributed by atoms with Crippen molar-refractivity contribution in [1.29, 1.82) is 0 Å². The molecule has 7 heteroatoms. The molecule has 0 aromatic heterocycles. The van der Waals surface area contributed by atoms with Gasteiger partial charge in [-0.25, -0.2) is 4.39 Å². The molecule has 0 unspecified atom stereocenters. The van der Waals surface area contributed by atoms with Gasteiger partial charge < -0.3 is 24.8 Å². The molecule has 0 amide bonds. The highest BCUT2D eigenvalue weighted by molar-refractivity contribution is 5.66. The van der Waals surface area contributed by atoms with Crippen LogP contribution >= 0.6 is 0 Å². The fourth-order valence-corrected chi connectivity index (χ4v) is 1.30. The first kappa shape index (κ1) is 12.3. The summed E-state index contributed by atoms with van der Waals surface area (Å²) in [4.78, 5) is 10.6. The number of aliphatic hydroxyl groups excluding tert-OH is 3. The predicted molar refractivity (Wildman–Crippen MR) is 44.4 cm³/mol. The first-order valence-electron chi connectivity index (χ1n) is 4.41. The van der Waals surface area contributed by atoms with Gasteiger partial charge in [-0.15, -0.1) is 0 Å². The lowest BCUT2D eigenvalue weighted by Crippen LogP contribution is -2.57. The summed E-state index contributed by atoms with van der Waals surface area (Å²) < 4.78 is 22.5. The Morgan fingerprint density at radius 2 is 2.07 bits per heavy atom. The Morgan fingerprint density at radius 3 is 2.53 bits per heavy atom. The van der Waals surface area contributed by atoms with Gasteiger partial charge in [0.25, 0.3) is 0 Å². The lowest BCUT2D eigenvalue weighted by molar-refractivity contribution is -0.281. The summed E-state index contributed by atoms with van der Waals surface area (Å²) in [7, 11) is 0. The number of alkyl halides is 1. The van der Waals surface area contributed by atoms with Crippen molar-refractivity contribution < 1.29 is 34.0 Å². The molecule has 1 aliphatic heterocycles. The normalized spacial score (nSPS) is 41.3. The second-order valence-electron chi connectivity index (χ2n) is 3.26. The second kappa shape index (κ2) is 4.84. The van der Waals surface area contributed by atoms with Crippen LogP contribution in [0.1, 0.15) is 6.92 Å². The maximum Gasteiger partial charge on any atom is 0.305 e. The third-order valence-corrected chi connectivity index (χ3v) is 2.08. The molecule has 1 rings (SSSR count). The molecule has 1 heterocycles. The Bertz CT molecular complexity index is 233. The Labute approximate surface area is 85.2 Å². The van der Waals surface area contributed by atoms with Gasteiger partial charge in [-0.1, -0.05) is 0 Å². The van der Waals surface area contributed by atoms with Gasteiger partial charge in [-0.3, -0.25) is 4.79 Å². The summed E-state index contributed by atoms with van der Waals surface area (Å²) in [6, 6.07) is 0. The fourth-order valence-electron chi connectivity index (χ4n) is 1.30. The van der Waals surface area contributed by atoms with Crippen LogP contribution in [0.4, 0.5) is 4.39 Å². The molecule has 0 bridgehead atoms. The average Bonchev–Trinajstić information content (AvgIpc) is 2.18. The van der Waals surface area contributed by atoms with E-state index in [9.17, 15) is 19.4 Å². The van der Waals surface area contributed by atoms with Gasteiger partial charge in [0.1, 0.15) is 12.2 Å². The molecule has 0 radical (unpaired) electrons. The summed E-state index contributed by atoms with van der Waals surface area (Å²) in [6.45, 7) is 0.439. The lowest BCUT2D eigenvalue weighted by Gasteiger charge is -2.37. The molecule has 1 saturated heterocycles. The predicted octanol–water partition coefficient (Wildman–Crippen LogP) is -1.67. The Balaban J connectivity index is 2.69. The SMILES string of the molecule is CC(=O)O[C@@H]1O[C@H](CO)[C@@H](O)[C@H](F)[C@H]1O. The van der Waals surface area contributed by atoms with Crippen molar-refractivity contribution in [3.63, 3.8) is 0 Å². The molecule has 6 nitrogen and oxygen atoms in total. The van der Waals surface area contributed by atoms with Crippen molar-refractivity contribution in [3.05, 3.63) is 0 Å². The summed E-state index contributed by atoms with van der Waals surface area (Å²) in [6.07, 6.45) is -8.14. The van der Waals surface area contributed by atoms with Gasteiger partial charge in [0.05, 0.1) is 6.61 Å². The van der Waals surface area contributed by atoms with Crippen LogP contribution in [0, 0.1) is 0 Å². The van der Waals surface area contributed by atoms with Gasteiger partial charge in [0.15, 0.2) is 12.3 Å². The molecular weight excluding hydrogens is 211 g/mol. The number of hydrogen-bond acceptors (Lipinski definition) is 6. The molecule has 0 aromatic carbocycles. The molecule has 5 atom stereocenters. The Hall–Kier alpha value is -0.760. The number of hydrogen-bond donors (Lipinski definition) is 3. The maximum absolute atomic E-state index is 13.2. The summed E-state index contributed by atoms with van der Waals surface area (Å²) in [5.41, 5.74) is 0. The third-order valence-electron chi connectivity index (χ3n) is 2.08. The van der Waals surface area contributed by atoms with Crippen molar-refractivity contribution in [3.8, 4) is 0 Å². The van der Waals surface area contributed by atoms with Crippen LogP contribution in [0.15, 0.2) is 0 Å². The molecule has 15 heavy (non-hydrogen) atoms. The molecule has 0 aliphatic carbocycles. The topological polar surface area (TPSA) is 96.2 Å². The van der Waals surface area contributed by atoms with Gasteiger partial charge >= 0.3 is 5.97 Å². The van der Waals surface area contributed by atoms with Crippen molar-refractivity contribution in [2.24, 2.45) is 0 Å². The van der Waals surface area contributed by atoms with E-state index in [0.717, 1.165) is 6.92 Å². The zero-order chi connectivity index (χ0) is 11.6. The second-order valence-corrected chi connectivity index (χ2v) is 3.26. The molecule has 88 valence electrons. The first-order chi connectivity index (χ1) is 6.97. The highest BCUT2D eigenvalue weighted by atomic mass is 19.1. The molecule has 0 spiro atoms. The van der Waals surface area contributed by atoms with E-state index in [-0.39, 0.29) is 0 Å². The van der Waals surface area contributed by atoms with Crippen LogP contribution in [0.25, 0.3) is 0 Å². The van der Waals surface area contributed by atoms with Crippen molar-refractivity contribution in [2.75, 3.05) is 6.61 Å². The molecule has 0 saturated carbocycles. The number of esters is 1. The highest BCUT2D eigenvalue weighted by Crippen LogP contribution is 2.24. The van der Waals surface area contributed by atoms with Crippen LogP contribution in [0.2, 0.25) is 0 Å². The van der Waals surface area contributed by atoms with Crippen molar-refractivity contribution in [1.82, 2.24) is 0 Å². The van der Waals surface area contributed by atoms with Crippen LogP contribution in [-0.4, -0.2) is 58.7 Å². The lowest BCUT2D eigenvalue weighted by atomic mass is 10.0. The quantitative estimate of drug-likeness (QED) is 0.485. The van der Waals surface area contributed by atoms with Crippen LogP contribution < -0.4 is 0 Å². The van der Waals surface area contributed by atoms with E-state index in [0.29, 0.717) is 0 Å². The van der Waals surface area contributed by atoms with Gasteiger partial charge in [-0.2, -0.15) is 0 Å². The van der Waals surface area contributed by atoms with Gasteiger partial charge in [-0.05, 0) is 0 Å². The molecule has 0 aromatic rings. The Morgan fingerprint density at radius 1 is 1.47 bits per heavy atom. The number of ether oxygens (including phenoxy) is 2. The Kier molecular flexibility index (Phi) is 3.97. The number of rotatable bonds is 2. The van der Waals surface area contributed by atoms with Crippen LogP contribution in [0.5, 0.6) is 0 Å². The van der Waals surface area contributed by atoms with E-state index in [2.05, 4.69) is 4.74 Å². The summed E-state index contributed by atoms with van der Waals surface area (Å²) in [5, 5.41) is 27.2. The van der Waals surface area contributed by atoms with E-state index in [1.165, 1.54) is 0 Å². The van der Waals surface area contributed by atoms with E-state index in [1.54, 1.807) is 0 Å². The van der Waals surface area contributed by atoms with Crippen molar-refractivity contribution in [2.45, 2.75) is 37.7 Å². The molecular formula is C8H13FO6. The smallest absolute Gasteiger partial charge is 0.305 e. The summed E-state index contributed by atoms with van der Waals surface area (Å²) >= 11 is 0. The molecule has 1 aliphatic rings. The molecule has 3 N–H and O–H groups in total. The molecule has 1 fully saturated rings. The maximum atomic E-state index is 13.2. The average molecular weight is 224 g/mol. The first-order valence-corrected chi connectivity index (χ1v) is 4.41. The largest absolute Gasteiger partial charge is 0.433 e. The minimum Gasteiger partial charge on any atom is -0.433 e. The van der Waals surface area contributed by atoms with E-state index >= 15 is 0 Å². The van der Waals surface area contributed by atoms with Gasteiger partial charge in [0, 0.05) is 6.92 Å². The zero-order valence-electron chi connectivity index (χ0n) is 8.04. The van der Waals surface area contributed by atoms with E-state index < -0.39 is 43.3 Å². The minimum atomic E-state index is -2.03. The third kappa shape index (κ3) is 2.63. The van der Waals surface area contributed by atoms with E-state index in [4.69, 9.17) is 9.84 Å². The van der Waals surface area contributed by atoms with Crippen molar-refractivity contribution >= 4 is 5.97 Å². The van der Waals surface area contributed by atoms with Crippen LogP contribution in [-0.2, 0) is 14.3 Å². The number of carbonyl (C=O) groups excluding carboxylic acids is 1. The summed E-state index contributed by atoms with van der Waals surface area (Å²) in [5.74, 6) is -0.751. The fraction of sp³-hybridized carbons (Fsp3) is 0.875.